The highest BCUT2D eigenvalue weighted by Gasteiger charge is 2.41. The van der Waals surface area contributed by atoms with Crippen LogP contribution in [0.5, 0.6) is 0 Å². The van der Waals surface area contributed by atoms with Crippen molar-refractivity contribution in [2.75, 3.05) is 11.9 Å². The van der Waals surface area contributed by atoms with Gasteiger partial charge in [0, 0.05) is 24.1 Å². The number of hydrogen-bond donors (Lipinski definition) is 2. The Hall–Kier alpha value is -1.13. The smallest absolute Gasteiger partial charge is 0.160 e. The first-order valence-electron chi connectivity index (χ1n) is 7.02. The van der Waals surface area contributed by atoms with Gasteiger partial charge in [0.25, 0.3) is 0 Å². The molecule has 1 aromatic rings. The Bertz CT molecular complexity index is 481. The van der Waals surface area contributed by atoms with Gasteiger partial charge >= 0.3 is 0 Å². The molecule has 0 aromatic carbocycles. The number of fused-ring (bicyclic) bond motifs is 2. The number of hydrazine groups is 1. The quantitative estimate of drug-likeness (QED) is 0.783. The van der Waals surface area contributed by atoms with Crippen LogP contribution in [0.4, 0.5) is 5.69 Å². The Morgan fingerprint density at radius 3 is 2.89 bits per heavy atom. The third kappa shape index (κ3) is 1.71. The summed E-state index contributed by atoms with van der Waals surface area (Å²) in [5.41, 5.74) is 7.14. The Balaban J connectivity index is 1.76. The van der Waals surface area contributed by atoms with Crippen LogP contribution in [0.25, 0.3) is 0 Å². The van der Waals surface area contributed by atoms with Gasteiger partial charge in [-0.2, -0.15) is 0 Å². The molecule has 0 radical (unpaired) electrons. The Labute approximate surface area is 108 Å². The fourth-order valence-electron chi connectivity index (χ4n) is 2.87. The molecule has 3 unspecified atom stereocenters. The molecule has 4 rings (SSSR count). The van der Waals surface area contributed by atoms with Gasteiger partial charge in [0.2, 0.25) is 0 Å². The Morgan fingerprint density at radius 1 is 1.33 bits per heavy atom. The summed E-state index contributed by atoms with van der Waals surface area (Å²) in [6.07, 6.45) is 2.96. The lowest BCUT2D eigenvalue weighted by molar-refractivity contribution is 0.377. The van der Waals surface area contributed by atoms with Crippen LogP contribution in [-0.4, -0.2) is 22.8 Å². The first-order chi connectivity index (χ1) is 8.72. The lowest BCUT2D eigenvalue weighted by Crippen LogP contribution is -2.19. The SMILES string of the molecule is CC(C)C1CN2NC2Nc2ccc(C3CC3)nc21. The number of anilines is 1. The summed E-state index contributed by atoms with van der Waals surface area (Å²) in [5, 5.41) is 5.79. The van der Waals surface area contributed by atoms with Crippen molar-refractivity contribution in [1.29, 1.82) is 0 Å². The number of hydrogen-bond acceptors (Lipinski definition) is 4. The van der Waals surface area contributed by atoms with Crippen LogP contribution >= 0.6 is 0 Å². The van der Waals surface area contributed by atoms with Gasteiger partial charge in [0.15, 0.2) is 6.29 Å². The topological polar surface area (TPSA) is 49.9 Å². The average Bonchev–Trinajstić information content (AvgIpc) is 3.20. The van der Waals surface area contributed by atoms with Gasteiger partial charge in [0.05, 0.1) is 11.4 Å². The van der Waals surface area contributed by atoms with E-state index < -0.39 is 0 Å². The van der Waals surface area contributed by atoms with Crippen molar-refractivity contribution in [2.24, 2.45) is 5.92 Å². The zero-order valence-corrected chi connectivity index (χ0v) is 11.0. The van der Waals surface area contributed by atoms with E-state index in [1.807, 2.05) is 0 Å². The van der Waals surface area contributed by atoms with E-state index >= 15 is 0 Å². The van der Waals surface area contributed by atoms with E-state index in [1.54, 1.807) is 0 Å². The Morgan fingerprint density at radius 2 is 2.17 bits per heavy atom. The highest BCUT2D eigenvalue weighted by Crippen LogP contribution is 2.42. The van der Waals surface area contributed by atoms with E-state index in [4.69, 9.17) is 4.98 Å². The van der Waals surface area contributed by atoms with Crippen molar-refractivity contribution < 1.29 is 0 Å². The van der Waals surface area contributed by atoms with E-state index in [9.17, 15) is 0 Å². The second-order valence-electron chi connectivity index (χ2n) is 6.12. The highest BCUT2D eigenvalue weighted by atomic mass is 15.8. The predicted molar refractivity (Wildman–Crippen MR) is 71.0 cm³/mol. The van der Waals surface area contributed by atoms with Gasteiger partial charge in [-0.25, -0.2) is 10.4 Å². The third-order valence-electron chi connectivity index (χ3n) is 4.32. The fraction of sp³-hybridized carbons (Fsp3) is 0.643. The largest absolute Gasteiger partial charge is 0.354 e. The van der Waals surface area contributed by atoms with E-state index in [2.05, 4.69) is 41.7 Å². The standard InChI is InChI=1S/C14H20N4/c1-8(2)10-7-18-14(17-18)16-12-6-5-11(9-3-4-9)15-13(10)12/h5-6,8-10,14,16-17H,3-4,7H2,1-2H3. The van der Waals surface area contributed by atoms with Crippen molar-refractivity contribution in [2.45, 2.75) is 44.8 Å². The molecule has 0 bridgehead atoms. The maximum atomic E-state index is 4.98. The summed E-state index contributed by atoms with van der Waals surface area (Å²) in [5.74, 6) is 1.87. The summed E-state index contributed by atoms with van der Waals surface area (Å²) in [7, 11) is 0. The molecule has 1 aromatic heterocycles. The average molecular weight is 244 g/mol. The van der Waals surface area contributed by atoms with Crippen molar-refractivity contribution in [3.63, 3.8) is 0 Å². The molecule has 4 nitrogen and oxygen atoms in total. The van der Waals surface area contributed by atoms with Crippen molar-refractivity contribution >= 4 is 5.69 Å². The normalized spacial score (nSPS) is 33.4. The van der Waals surface area contributed by atoms with Crippen LogP contribution in [-0.2, 0) is 0 Å². The molecule has 0 spiro atoms. The second-order valence-corrected chi connectivity index (χ2v) is 6.12. The minimum atomic E-state index is 0.320. The second kappa shape index (κ2) is 3.68. The van der Waals surface area contributed by atoms with Gasteiger partial charge in [-0.1, -0.05) is 13.8 Å². The molecular weight excluding hydrogens is 224 g/mol. The minimum Gasteiger partial charge on any atom is -0.354 e. The first-order valence-corrected chi connectivity index (χ1v) is 7.02. The van der Waals surface area contributed by atoms with E-state index in [1.165, 1.54) is 29.9 Å². The van der Waals surface area contributed by atoms with Crippen LogP contribution in [0.3, 0.4) is 0 Å². The van der Waals surface area contributed by atoms with E-state index in [0.717, 1.165) is 12.5 Å². The molecule has 18 heavy (non-hydrogen) atoms. The van der Waals surface area contributed by atoms with Gasteiger partial charge in [-0.15, -0.1) is 0 Å². The molecule has 3 heterocycles. The summed E-state index contributed by atoms with van der Waals surface area (Å²) >= 11 is 0. The molecule has 2 N–H and O–H groups in total. The van der Waals surface area contributed by atoms with Gasteiger partial charge in [-0.3, -0.25) is 4.98 Å². The lowest BCUT2D eigenvalue weighted by Gasteiger charge is -2.21. The summed E-state index contributed by atoms with van der Waals surface area (Å²) in [6.45, 7) is 5.65. The molecule has 1 saturated heterocycles. The third-order valence-corrected chi connectivity index (χ3v) is 4.32. The number of aromatic nitrogens is 1. The van der Waals surface area contributed by atoms with E-state index in [-0.39, 0.29) is 0 Å². The Kier molecular flexibility index (Phi) is 2.20. The summed E-state index contributed by atoms with van der Waals surface area (Å²) in [6, 6.07) is 4.44. The molecule has 96 valence electrons. The molecular formula is C14H20N4. The van der Waals surface area contributed by atoms with Crippen molar-refractivity contribution in [3.05, 3.63) is 23.5 Å². The molecule has 3 aliphatic rings. The zero-order valence-electron chi connectivity index (χ0n) is 11.0. The van der Waals surface area contributed by atoms with Crippen molar-refractivity contribution in [1.82, 2.24) is 15.4 Å². The first kappa shape index (κ1) is 10.8. The maximum absolute atomic E-state index is 4.98. The molecule has 1 saturated carbocycles. The molecule has 0 amide bonds. The fourth-order valence-corrected chi connectivity index (χ4v) is 2.87. The predicted octanol–water partition coefficient (Wildman–Crippen LogP) is 2.23. The van der Waals surface area contributed by atoms with Gasteiger partial charge in [-0.05, 0) is 30.9 Å². The van der Waals surface area contributed by atoms with Crippen LogP contribution in [0.2, 0.25) is 0 Å². The summed E-state index contributed by atoms with van der Waals surface area (Å²) in [4.78, 5) is 4.98. The molecule has 1 aliphatic carbocycles. The lowest BCUT2D eigenvalue weighted by atomic mass is 9.91. The van der Waals surface area contributed by atoms with Gasteiger partial charge < -0.3 is 5.32 Å². The van der Waals surface area contributed by atoms with Crippen LogP contribution in [0.15, 0.2) is 12.1 Å². The number of pyridine rings is 1. The van der Waals surface area contributed by atoms with Crippen LogP contribution < -0.4 is 10.7 Å². The highest BCUT2D eigenvalue weighted by molar-refractivity contribution is 5.53. The molecule has 3 atom stereocenters. The van der Waals surface area contributed by atoms with Gasteiger partial charge in [0.1, 0.15) is 0 Å². The number of nitrogens with zero attached hydrogens (tertiary/aromatic N) is 2. The van der Waals surface area contributed by atoms with E-state index in [0.29, 0.717) is 18.1 Å². The molecule has 4 heteroatoms. The van der Waals surface area contributed by atoms with Crippen molar-refractivity contribution in [3.8, 4) is 0 Å². The molecule has 2 fully saturated rings. The summed E-state index contributed by atoms with van der Waals surface area (Å²) < 4.78 is 0. The zero-order chi connectivity index (χ0) is 12.3. The minimum absolute atomic E-state index is 0.320. The number of rotatable bonds is 2. The monoisotopic (exact) mass is 244 g/mol. The van der Waals surface area contributed by atoms with Crippen LogP contribution in [0, 0.1) is 5.92 Å². The number of nitrogens with one attached hydrogen (secondary N) is 2. The molecule has 2 aliphatic heterocycles. The van der Waals surface area contributed by atoms with Crippen LogP contribution in [0.1, 0.15) is 49.9 Å². The maximum Gasteiger partial charge on any atom is 0.160 e.